The van der Waals surface area contributed by atoms with Crippen LogP contribution in [0.15, 0.2) is 34.7 Å². The van der Waals surface area contributed by atoms with E-state index in [9.17, 15) is 8.42 Å². The van der Waals surface area contributed by atoms with E-state index in [1.807, 2.05) is 49.2 Å². The van der Waals surface area contributed by atoms with Crippen molar-refractivity contribution in [2.24, 2.45) is 0 Å². The van der Waals surface area contributed by atoms with Crippen LogP contribution >= 0.6 is 0 Å². The van der Waals surface area contributed by atoms with Crippen molar-refractivity contribution in [2.45, 2.75) is 26.4 Å². The molecule has 0 unspecified atom stereocenters. The van der Waals surface area contributed by atoms with Gasteiger partial charge in [-0.05, 0) is 33.0 Å². The lowest BCUT2D eigenvalue weighted by Gasteiger charge is -2.23. The van der Waals surface area contributed by atoms with Crippen LogP contribution in [0, 0.1) is 0 Å². The first-order valence-electron chi connectivity index (χ1n) is 7.46. The van der Waals surface area contributed by atoms with Crippen LogP contribution in [0.2, 0.25) is 0 Å². The van der Waals surface area contributed by atoms with Gasteiger partial charge in [0.15, 0.2) is 0 Å². The molecule has 1 heterocycles. The second-order valence-electron chi connectivity index (χ2n) is 5.38. The molecule has 1 aromatic carbocycles. The van der Waals surface area contributed by atoms with Gasteiger partial charge in [0, 0.05) is 18.2 Å². The summed E-state index contributed by atoms with van der Waals surface area (Å²) >= 11 is 0. The van der Waals surface area contributed by atoms with Crippen molar-refractivity contribution in [3.63, 3.8) is 0 Å². The second-order valence-corrected chi connectivity index (χ2v) is 7.48. The van der Waals surface area contributed by atoms with Crippen LogP contribution < -0.4 is 4.72 Å². The van der Waals surface area contributed by atoms with Crippen molar-refractivity contribution < 1.29 is 12.8 Å². The Labute approximate surface area is 136 Å². The predicted octanol–water partition coefficient (Wildman–Crippen LogP) is 1.50. The fourth-order valence-corrected chi connectivity index (χ4v) is 2.59. The molecule has 0 amide bonds. The zero-order valence-electron chi connectivity index (χ0n) is 13.6. The molecule has 0 spiro atoms. The lowest BCUT2D eigenvalue weighted by molar-refractivity contribution is 0.227. The monoisotopic (exact) mass is 338 g/mol. The molecule has 2 rings (SSSR count). The van der Waals surface area contributed by atoms with Gasteiger partial charge in [-0.25, -0.2) is 13.1 Å². The second kappa shape index (κ2) is 7.67. The average molecular weight is 338 g/mol. The first kappa shape index (κ1) is 17.6. The Kier molecular flexibility index (Phi) is 5.86. The van der Waals surface area contributed by atoms with Gasteiger partial charge >= 0.3 is 0 Å². The van der Waals surface area contributed by atoms with E-state index < -0.39 is 10.0 Å². The molecule has 0 saturated heterocycles. The Morgan fingerprint density at radius 3 is 2.61 bits per heavy atom. The number of aromatic nitrogens is 2. The van der Waals surface area contributed by atoms with E-state index in [1.165, 1.54) is 0 Å². The molecule has 0 aliphatic rings. The highest BCUT2D eigenvalue weighted by Gasteiger charge is 2.16. The third kappa shape index (κ3) is 5.12. The first-order valence-corrected chi connectivity index (χ1v) is 9.12. The minimum atomic E-state index is -3.18. The van der Waals surface area contributed by atoms with Gasteiger partial charge in [0.1, 0.15) is 0 Å². The van der Waals surface area contributed by atoms with Crippen molar-refractivity contribution in [2.75, 3.05) is 19.3 Å². The lowest BCUT2D eigenvalue weighted by atomic mass is 10.2. The highest BCUT2D eigenvalue weighted by atomic mass is 32.2. The smallest absolute Gasteiger partial charge is 0.247 e. The number of nitrogens with one attached hydrogen (secondary N) is 1. The Hall–Kier alpha value is -1.77. The maximum atomic E-state index is 11.5. The topological polar surface area (TPSA) is 88.3 Å². The first-order chi connectivity index (χ1) is 10.9. The van der Waals surface area contributed by atoms with Gasteiger partial charge < -0.3 is 4.42 Å². The fourth-order valence-electron chi connectivity index (χ4n) is 1.89. The van der Waals surface area contributed by atoms with E-state index in [1.54, 1.807) is 6.92 Å². The Morgan fingerprint density at radius 1 is 1.26 bits per heavy atom. The van der Waals surface area contributed by atoms with Crippen molar-refractivity contribution in [3.05, 3.63) is 36.2 Å². The van der Waals surface area contributed by atoms with Crippen LogP contribution in [0.4, 0.5) is 0 Å². The van der Waals surface area contributed by atoms with Crippen LogP contribution in [-0.2, 0) is 16.6 Å². The number of nitrogens with zero attached hydrogens (tertiary/aromatic N) is 3. The normalized spacial score (nSPS) is 13.4. The van der Waals surface area contributed by atoms with Gasteiger partial charge in [0.25, 0.3) is 0 Å². The number of likely N-dealkylation sites (N-methyl/N-ethyl adjacent to an activating group) is 1. The molecule has 7 nitrogen and oxygen atoms in total. The number of hydrogen-bond donors (Lipinski definition) is 1. The molecule has 1 aromatic heterocycles. The number of benzene rings is 1. The number of hydrogen-bond acceptors (Lipinski definition) is 6. The summed E-state index contributed by atoms with van der Waals surface area (Å²) in [5.41, 5.74) is 0.873. The van der Waals surface area contributed by atoms with Gasteiger partial charge in [-0.3, -0.25) is 4.90 Å². The third-order valence-electron chi connectivity index (χ3n) is 3.60. The maximum Gasteiger partial charge on any atom is 0.247 e. The van der Waals surface area contributed by atoms with Gasteiger partial charge in [0.05, 0.1) is 12.3 Å². The molecular formula is C15H22N4O3S. The molecule has 0 fully saturated rings. The van der Waals surface area contributed by atoms with Crippen LogP contribution in [0.25, 0.3) is 11.5 Å². The minimum absolute atomic E-state index is 0.00315. The molecule has 0 aliphatic carbocycles. The lowest BCUT2D eigenvalue weighted by Crippen LogP contribution is -2.40. The molecule has 0 saturated carbocycles. The fraction of sp³-hybridized carbons (Fsp3) is 0.467. The summed E-state index contributed by atoms with van der Waals surface area (Å²) in [6.07, 6.45) is 0. The molecular weight excluding hydrogens is 316 g/mol. The summed E-state index contributed by atoms with van der Waals surface area (Å²) in [6, 6.07) is 9.56. The van der Waals surface area contributed by atoms with E-state index in [0.717, 1.165) is 5.56 Å². The maximum absolute atomic E-state index is 11.5. The summed E-state index contributed by atoms with van der Waals surface area (Å²) in [5.74, 6) is 1.05. The van der Waals surface area contributed by atoms with Gasteiger partial charge in [-0.15, -0.1) is 10.2 Å². The molecule has 0 aliphatic heterocycles. The van der Waals surface area contributed by atoms with Crippen molar-refractivity contribution in [3.8, 4) is 11.5 Å². The molecule has 126 valence electrons. The summed E-state index contributed by atoms with van der Waals surface area (Å²) in [6.45, 7) is 4.34. The SMILES string of the molecule is CCS(=O)(=O)NC[C@@H](C)N(C)Cc1nnc(-c2ccccc2)o1. The summed E-state index contributed by atoms with van der Waals surface area (Å²) in [5, 5.41) is 8.09. The third-order valence-corrected chi connectivity index (χ3v) is 4.97. The van der Waals surface area contributed by atoms with Crippen LogP contribution in [-0.4, -0.2) is 48.9 Å². The zero-order chi connectivity index (χ0) is 16.9. The van der Waals surface area contributed by atoms with Crippen LogP contribution in [0.3, 0.4) is 0 Å². The van der Waals surface area contributed by atoms with Crippen LogP contribution in [0.5, 0.6) is 0 Å². The number of sulfonamides is 1. The molecule has 0 radical (unpaired) electrons. The van der Waals surface area contributed by atoms with E-state index in [4.69, 9.17) is 4.42 Å². The summed E-state index contributed by atoms with van der Waals surface area (Å²) < 4.78 is 31.2. The van der Waals surface area contributed by atoms with Crippen molar-refractivity contribution in [1.82, 2.24) is 19.8 Å². The molecule has 23 heavy (non-hydrogen) atoms. The molecule has 1 atom stereocenters. The van der Waals surface area contributed by atoms with E-state index >= 15 is 0 Å². The van der Waals surface area contributed by atoms with Gasteiger partial charge in [-0.1, -0.05) is 18.2 Å². The van der Waals surface area contributed by atoms with Crippen molar-refractivity contribution in [1.29, 1.82) is 0 Å². The molecule has 0 bridgehead atoms. The standard InChI is InChI=1S/C15H22N4O3S/c1-4-23(20,21)16-10-12(2)19(3)11-14-17-18-15(22-14)13-8-6-5-7-9-13/h5-9,12,16H,4,10-11H2,1-3H3/t12-/m1/s1. The van der Waals surface area contributed by atoms with Gasteiger partial charge in [-0.2, -0.15) is 0 Å². The quantitative estimate of drug-likeness (QED) is 0.785. The molecule has 2 aromatic rings. The largest absolute Gasteiger partial charge is 0.419 e. The average Bonchev–Trinajstić information content (AvgIpc) is 3.02. The molecule has 8 heteroatoms. The summed E-state index contributed by atoms with van der Waals surface area (Å²) in [7, 11) is -1.29. The van der Waals surface area contributed by atoms with E-state index in [2.05, 4.69) is 14.9 Å². The highest BCUT2D eigenvalue weighted by Crippen LogP contribution is 2.17. The highest BCUT2D eigenvalue weighted by molar-refractivity contribution is 7.89. The van der Waals surface area contributed by atoms with E-state index in [0.29, 0.717) is 24.9 Å². The number of rotatable bonds is 8. The molecule has 1 N–H and O–H groups in total. The predicted molar refractivity (Wildman–Crippen MR) is 88.1 cm³/mol. The minimum Gasteiger partial charge on any atom is -0.419 e. The Morgan fingerprint density at radius 2 is 1.96 bits per heavy atom. The Balaban J connectivity index is 1.93. The van der Waals surface area contributed by atoms with Crippen molar-refractivity contribution >= 4 is 10.0 Å². The van der Waals surface area contributed by atoms with Gasteiger partial charge in [0.2, 0.25) is 21.8 Å². The Bertz CT molecular complexity index is 715. The van der Waals surface area contributed by atoms with E-state index in [-0.39, 0.29) is 11.8 Å². The summed E-state index contributed by atoms with van der Waals surface area (Å²) in [4.78, 5) is 1.96. The zero-order valence-corrected chi connectivity index (χ0v) is 14.4. The van der Waals surface area contributed by atoms with Crippen LogP contribution in [0.1, 0.15) is 19.7 Å².